The highest BCUT2D eigenvalue weighted by Crippen LogP contribution is 2.28. The number of pyridine rings is 1. The van der Waals surface area contributed by atoms with Gasteiger partial charge in [-0.05, 0) is 36.6 Å². The highest BCUT2D eigenvalue weighted by Gasteiger charge is 2.19. The number of aromatic nitrogens is 3. The van der Waals surface area contributed by atoms with Crippen LogP contribution in [0.5, 0.6) is 5.88 Å². The molecule has 0 atom stereocenters. The summed E-state index contributed by atoms with van der Waals surface area (Å²) in [6, 6.07) is 27.9. The second-order valence-electron chi connectivity index (χ2n) is 8.41. The maximum absolute atomic E-state index is 13.4. The molecule has 2 aromatic heterocycles. The fourth-order valence-corrected chi connectivity index (χ4v) is 4.38. The van der Waals surface area contributed by atoms with Crippen LogP contribution in [0.2, 0.25) is 0 Å². The minimum atomic E-state index is -0.225. The number of methoxy groups -OCH3 is 1. The van der Waals surface area contributed by atoms with E-state index in [0.29, 0.717) is 29.2 Å². The first-order chi connectivity index (χ1) is 17.0. The molecular formula is C29H26N4O2. The molecule has 1 amide bonds. The van der Waals surface area contributed by atoms with Crippen LogP contribution in [0.15, 0.2) is 84.9 Å². The van der Waals surface area contributed by atoms with Crippen LogP contribution in [0.25, 0.3) is 22.0 Å². The molecule has 0 bridgehead atoms. The number of amides is 1. The van der Waals surface area contributed by atoms with Crippen molar-refractivity contribution in [1.29, 1.82) is 0 Å². The number of anilines is 1. The first kappa shape index (κ1) is 22.3. The zero-order valence-electron chi connectivity index (χ0n) is 19.9. The maximum atomic E-state index is 13.4. The smallest absolute Gasteiger partial charge is 0.256 e. The molecule has 0 aliphatic heterocycles. The summed E-state index contributed by atoms with van der Waals surface area (Å²) in [7, 11) is 1.55. The Labute approximate surface area is 204 Å². The van der Waals surface area contributed by atoms with Gasteiger partial charge in [-0.2, -0.15) is 5.10 Å². The number of carbonyl (C=O) groups excluding carboxylic acids is 1. The Balaban J connectivity index is 1.46. The zero-order valence-corrected chi connectivity index (χ0v) is 19.9. The lowest BCUT2D eigenvalue weighted by Gasteiger charge is -2.12. The molecule has 0 radical (unpaired) electrons. The van der Waals surface area contributed by atoms with Crippen molar-refractivity contribution < 1.29 is 9.53 Å². The van der Waals surface area contributed by atoms with Crippen LogP contribution in [-0.4, -0.2) is 27.8 Å². The third-order valence-corrected chi connectivity index (χ3v) is 6.19. The zero-order chi connectivity index (χ0) is 24.4. The summed E-state index contributed by atoms with van der Waals surface area (Å²) in [5.41, 5.74) is 7.08. The predicted octanol–water partition coefficient (Wildman–Crippen LogP) is 6.02. The van der Waals surface area contributed by atoms with Gasteiger partial charge in [-0.25, -0.2) is 4.98 Å². The summed E-state index contributed by atoms with van der Waals surface area (Å²) >= 11 is 0. The van der Waals surface area contributed by atoms with E-state index in [-0.39, 0.29) is 5.91 Å². The Hall–Kier alpha value is -4.45. The number of benzene rings is 3. The summed E-state index contributed by atoms with van der Waals surface area (Å²) in [6.45, 7) is 4.49. The van der Waals surface area contributed by atoms with E-state index in [1.54, 1.807) is 13.2 Å². The van der Waals surface area contributed by atoms with Crippen LogP contribution in [0, 0.1) is 13.8 Å². The number of hydrogen-bond donors (Lipinski definition) is 1. The summed E-state index contributed by atoms with van der Waals surface area (Å²) in [5.74, 6) is 0.174. The van der Waals surface area contributed by atoms with Crippen molar-refractivity contribution in [3.05, 3.63) is 107 Å². The van der Waals surface area contributed by atoms with E-state index in [1.165, 1.54) is 5.56 Å². The number of hydrogen-bond acceptors (Lipinski definition) is 4. The minimum absolute atomic E-state index is 0.225. The van der Waals surface area contributed by atoms with Gasteiger partial charge < -0.3 is 10.1 Å². The van der Waals surface area contributed by atoms with Gasteiger partial charge in [0.1, 0.15) is 0 Å². The number of nitrogens with zero attached hydrogens (tertiary/aromatic N) is 3. The molecule has 174 valence electrons. The summed E-state index contributed by atoms with van der Waals surface area (Å²) in [4.78, 5) is 17.8. The molecule has 35 heavy (non-hydrogen) atoms. The number of para-hydroxylation sites is 1. The van der Waals surface area contributed by atoms with Gasteiger partial charge in [0, 0.05) is 11.5 Å². The summed E-state index contributed by atoms with van der Waals surface area (Å²) < 4.78 is 7.26. The quantitative estimate of drug-likeness (QED) is 0.335. The van der Waals surface area contributed by atoms with Gasteiger partial charge in [0.25, 0.3) is 5.91 Å². The summed E-state index contributed by atoms with van der Waals surface area (Å²) in [6.07, 6.45) is 0. The van der Waals surface area contributed by atoms with Gasteiger partial charge in [0.2, 0.25) is 5.88 Å². The Morgan fingerprint density at radius 3 is 2.46 bits per heavy atom. The molecule has 2 heterocycles. The molecule has 5 aromatic rings. The molecule has 0 aliphatic carbocycles. The van der Waals surface area contributed by atoms with E-state index in [2.05, 4.69) is 34.6 Å². The van der Waals surface area contributed by atoms with Crippen LogP contribution in [0.1, 0.15) is 27.3 Å². The fourth-order valence-electron chi connectivity index (χ4n) is 4.38. The molecule has 1 N–H and O–H groups in total. The van der Waals surface area contributed by atoms with Gasteiger partial charge in [-0.1, -0.05) is 72.8 Å². The fraction of sp³-hybridized carbons (Fsp3) is 0.138. The Morgan fingerprint density at radius 2 is 1.66 bits per heavy atom. The normalized spacial score (nSPS) is 10.9. The van der Waals surface area contributed by atoms with Crippen LogP contribution in [0.4, 0.5) is 5.69 Å². The van der Waals surface area contributed by atoms with Crippen LogP contribution >= 0.6 is 0 Å². The van der Waals surface area contributed by atoms with Crippen molar-refractivity contribution in [3.8, 4) is 17.0 Å². The van der Waals surface area contributed by atoms with Crippen LogP contribution in [0.3, 0.4) is 0 Å². The van der Waals surface area contributed by atoms with E-state index in [1.807, 2.05) is 73.1 Å². The number of aryl methyl sites for hydroxylation is 1. The van der Waals surface area contributed by atoms with Crippen molar-refractivity contribution in [2.45, 2.75) is 20.4 Å². The lowest BCUT2D eigenvalue weighted by Crippen LogP contribution is -2.14. The standard InChI is InChI=1S/C29H26N4O2/c1-19-28(31-29(34)25-17-27(35-3)30-26-16-10-9-15-24(25)26)20(2)33(32-19)18-22-13-7-8-14-23(22)21-11-5-4-6-12-21/h4-17H,18H2,1-3H3,(H,31,34). The van der Waals surface area contributed by atoms with Crippen molar-refractivity contribution >= 4 is 22.5 Å². The number of fused-ring (bicyclic) bond motifs is 1. The Kier molecular flexibility index (Phi) is 6.02. The van der Waals surface area contributed by atoms with Crippen molar-refractivity contribution in [2.24, 2.45) is 0 Å². The number of carbonyl (C=O) groups is 1. The van der Waals surface area contributed by atoms with Crippen molar-refractivity contribution in [1.82, 2.24) is 14.8 Å². The molecule has 5 rings (SSSR count). The first-order valence-electron chi connectivity index (χ1n) is 11.5. The molecule has 3 aromatic carbocycles. The highest BCUT2D eigenvalue weighted by atomic mass is 16.5. The summed E-state index contributed by atoms with van der Waals surface area (Å²) in [5, 5.41) is 8.60. The van der Waals surface area contributed by atoms with E-state index < -0.39 is 0 Å². The predicted molar refractivity (Wildman–Crippen MR) is 139 cm³/mol. The van der Waals surface area contributed by atoms with E-state index >= 15 is 0 Å². The molecule has 0 fully saturated rings. The third-order valence-electron chi connectivity index (χ3n) is 6.19. The molecule has 0 aliphatic rings. The van der Waals surface area contributed by atoms with Crippen LogP contribution in [-0.2, 0) is 6.54 Å². The molecular weight excluding hydrogens is 436 g/mol. The average Bonchev–Trinajstić information content (AvgIpc) is 3.16. The maximum Gasteiger partial charge on any atom is 0.256 e. The second kappa shape index (κ2) is 9.43. The Bertz CT molecular complexity index is 1520. The lowest BCUT2D eigenvalue weighted by molar-refractivity contribution is 0.102. The van der Waals surface area contributed by atoms with Crippen molar-refractivity contribution in [3.63, 3.8) is 0 Å². The molecule has 0 saturated heterocycles. The second-order valence-corrected chi connectivity index (χ2v) is 8.41. The van der Waals surface area contributed by atoms with Gasteiger partial charge in [-0.15, -0.1) is 0 Å². The van der Waals surface area contributed by atoms with Crippen LogP contribution < -0.4 is 10.1 Å². The lowest BCUT2D eigenvalue weighted by atomic mass is 10.00. The SMILES string of the molecule is COc1cc(C(=O)Nc2c(C)nn(Cc3ccccc3-c3ccccc3)c2C)c2ccccc2n1. The first-order valence-corrected chi connectivity index (χ1v) is 11.5. The van der Waals surface area contributed by atoms with Gasteiger partial charge in [0.05, 0.1) is 41.8 Å². The van der Waals surface area contributed by atoms with Crippen molar-refractivity contribution in [2.75, 3.05) is 12.4 Å². The largest absolute Gasteiger partial charge is 0.481 e. The monoisotopic (exact) mass is 462 g/mol. The van der Waals surface area contributed by atoms with E-state index in [9.17, 15) is 4.79 Å². The van der Waals surface area contributed by atoms with E-state index in [4.69, 9.17) is 9.84 Å². The topological polar surface area (TPSA) is 69.0 Å². The molecule has 0 unspecified atom stereocenters. The third kappa shape index (κ3) is 4.38. The molecule has 6 heteroatoms. The average molecular weight is 463 g/mol. The number of ether oxygens (including phenoxy) is 1. The van der Waals surface area contributed by atoms with Gasteiger partial charge in [-0.3, -0.25) is 9.48 Å². The minimum Gasteiger partial charge on any atom is -0.481 e. The number of rotatable bonds is 6. The molecule has 0 spiro atoms. The molecule has 0 saturated carbocycles. The van der Waals surface area contributed by atoms with Gasteiger partial charge in [0.15, 0.2) is 0 Å². The van der Waals surface area contributed by atoms with E-state index in [0.717, 1.165) is 27.9 Å². The highest BCUT2D eigenvalue weighted by molar-refractivity contribution is 6.13. The van der Waals surface area contributed by atoms with Gasteiger partial charge >= 0.3 is 0 Å². The molecule has 6 nitrogen and oxygen atoms in total. The number of nitrogens with one attached hydrogen (secondary N) is 1. The Morgan fingerprint density at radius 1 is 0.943 bits per heavy atom.